The molecular weight excluding hydrogens is 266 g/mol. The third kappa shape index (κ3) is 3.92. The Hall–Kier alpha value is -2.15. The molecule has 0 spiro atoms. The third-order valence-electron chi connectivity index (χ3n) is 2.44. The first-order chi connectivity index (χ1) is 9.15. The fraction of sp³-hybridized carbons (Fsp3) is 0.250. The van der Waals surface area contributed by atoms with Crippen molar-refractivity contribution in [1.82, 2.24) is 9.97 Å². The van der Waals surface area contributed by atoms with Crippen LogP contribution >= 0.6 is 11.3 Å². The number of nitrogens with one attached hydrogen (secondary N) is 2. The van der Waals surface area contributed by atoms with Crippen LogP contribution in [0.3, 0.4) is 0 Å². The number of amides is 1. The maximum absolute atomic E-state index is 11.7. The molecule has 2 heterocycles. The summed E-state index contributed by atoms with van der Waals surface area (Å²) in [5.74, 6) is -1.05. The smallest absolute Gasteiger partial charge is 0.303 e. The highest BCUT2D eigenvalue weighted by Gasteiger charge is 2.09. The second kappa shape index (κ2) is 6.14. The highest BCUT2D eigenvalue weighted by molar-refractivity contribution is 7.13. The molecule has 0 atom stereocenters. The van der Waals surface area contributed by atoms with Gasteiger partial charge < -0.3 is 10.1 Å². The second-order valence-corrected chi connectivity index (χ2v) is 4.79. The lowest BCUT2D eigenvalue weighted by Gasteiger charge is -1.98. The number of hydrogen-bond donors (Lipinski definition) is 3. The number of thiazole rings is 1. The van der Waals surface area contributed by atoms with Gasteiger partial charge in [-0.2, -0.15) is 0 Å². The Balaban J connectivity index is 1.87. The van der Waals surface area contributed by atoms with E-state index in [4.69, 9.17) is 5.11 Å². The largest absolute Gasteiger partial charge is 0.481 e. The summed E-state index contributed by atoms with van der Waals surface area (Å²) < 4.78 is 0. The van der Waals surface area contributed by atoms with Crippen LogP contribution in [0.25, 0.3) is 0 Å². The number of hydrogen-bond acceptors (Lipinski definition) is 4. The first kappa shape index (κ1) is 13.3. The number of carboxylic acids is 1. The highest BCUT2D eigenvalue weighted by atomic mass is 32.1. The summed E-state index contributed by atoms with van der Waals surface area (Å²) in [6.45, 7) is 0. The second-order valence-electron chi connectivity index (χ2n) is 3.93. The molecule has 19 heavy (non-hydrogen) atoms. The van der Waals surface area contributed by atoms with E-state index in [0.29, 0.717) is 23.7 Å². The van der Waals surface area contributed by atoms with E-state index in [-0.39, 0.29) is 12.3 Å². The number of aromatic nitrogens is 2. The normalized spacial score (nSPS) is 10.3. The van der Waals surface area contributed by atoms with Gasteiger partial charge in [-0.3, -0.25) is 14.9 Å². The lowest BCUT2D eigenvalue weighted by Crippen LogP contribution is -2.11. The quantitative estimate of drug-likeness (QED) is 0.754. The van der Waals surface area contributed by atoms with E-state index < -0.39 is 5.97 Å². The van der Waals surface area contributed by atoms with Crippen LogP contribution in [0.5, 0.6) is 0 Å². The Morgan fingerprint density at radius 2 is 2.32 bits per heavy atom. The van der Waals surface area contributed by atoms with E-state index in [9.17, 15) is 9.59 Å². The van der Waals surface area contributed by atoms with Crippen LogP contribution in [0.4, 0.5) is 5.13 Å². The zero-order valence-electron chi connectivity index (χ0n) is 10.0. The molecule has 0 radical (unpaired) electrons. The summed E-state index contributed by atoms with van der Waals surface area (Å²) in [4.78, 5) is 29.2. The van der Waals surface area contributed by atoms with E-state index in [2.05, 4.69) is 15.3 Å². The van der Waals surface area contributed by atoms with Crippen molar-refractivity contribution in [3.8, 4) is 0 Å². The minimum Gasteiger partial charge on any atom is -0.481 e. The summed E-state index contributed by atoms with van der Waals surface area (Å²) >= 11 is 1.33. The van der Waals surface area contributed by atoms with Gasteiger partial charge in [-0.1, -0.05) is 0 Å². The van der Waals surface area contributed by atoms with Gasteiger partial charge in [0.1, 0.15) is 5.69 Å². The van der Waals surface area contributed by atoms with Crippen LogP contribution in [-0.2, 0) is 11.2 Å². The van der Waals surface area contributed by atoms with E-state index in [0.717, 1.165) is 5.69 Å². The van der Waals surface area contributed by atoms with Crippen LogP contribution in [0.1, 0.15) is 29.0 Å². The molecule has 0 fully saturated rings. The SMILES string of the molecule is O=C(O)CCCc1csc(NC(=O)c2ccc[nH]2)n1. The molecule has 3 N–H and O–H groups in total. The summed E-state index contributed by atoms with van der Waals surface area (Å²) in [6.07, 6.45) is 2.94. The number of anilines is 1. The van der Waals surface area contributed by atoms with Gasteiger partial charge in [0.25, 0.3) is 5.91 Å². The minimum atomic E-state index is -0.810. The number of rotatable bonds is 6. The summed E-state index contributed by atoms with van der Waals surface area (Å²) in [7, 11) is 0. The minimum absolute atomic E-state index is 0.127. The van der Waals surface area contributed by atoms with Crippen LogP contribution in [0.2, 0.25) is 0 Å². The molecule has 0 saturated heterocycles. The molecular formula is C12H13N3O3S. The van der Waals surface area contributed by atoms with Gasteiger partial charge in [-0.05, 0) is 25.0 Å². The van der Waals surface area contributed by atoms with Crippen molar-refractivity contribution < 1.29 is 14.7 Å². The molecule has 2 aromatic rings. The Bertz CT molecular complexity index is 563. The summed E-state index contributed by atoms with van der Waals surface area (Å²) in [5, 5.41) is 13.6. The van der Waals surface area contributed by atoms with E-state index in [1.807, 2.05) is 5.38 Å². The maximum Gasteiger partial charge on any atom is 0.303 e. The fourth-order valence-electron chi connectivity index (χ4n) is 1.54. The van der Waals surface area contributed by atoms with Gasteiger partial charge in [0.05, 0.1) is 5.69 Å². The standard InChI is InChI=1S/C12H13N3O3S/c16-10(17)5-1-3-8-7-19-12(14-8)15-11(18)9-4-2-6-13-9/h2,4,6-7,13H,1,3,5H2,(H,16,17)(H,14,15,18). The van der Waals surface area contributed by atoms with E-state index in [1.165, 1.54) is 11.3 Å². The van der Waals surface area contributed by atoms with Gasteiger partial charge in [-0.15, -0.1) is 11.3 Å². The highest BCUT2D eigenvalue weighted by Crippen LogP contribution is 2.17. The molecule has 100 valence electrons. The lowest BCUT2D eigenvalue weighted by atomic mass is 10.2. The van der Waals surface area contributed by atoms with E-state index in [1.54, 1.807) is 18.3 Å². The number of carbonyl (C=O) groups is 2. The molecule has 2 aromatic heterocycles. The molecule has 0 aromatic carbocycles. The fourth-order valence-corrected chi connectivity index (χ4v) is 2.28. The molecule has 7 heteroatoms. The zero-order valence-corrected chi connectivity index (χ0v) is 10.9. The van der Waals surface area contributed by atoms with Gasteiger partial charge in [0, 0.05) is 18.0 Å². The summed E-state index contributed by atoms with van der Waals surface area (Å²) in [5.41, 5.74) is 1.27. The van der Waals surface area contributed by atoms with Crippen molar-refractivity contribution in [2.24, 2.45) is 0 Å². The number of H-pyrrole nitrogens is 1. The molecule has 0 aliphatic heterocycles. The number of aliphatic carboxylic acids is 1. The Morgan fingerprint density at radius 1 is 1.47 bits per heavy atom. The predicted molar refractivity (Wildman–Crippen MR) is 71.4 cm³/mol. The van der Waals surface area contributed by atoms with Crippen LogP contribution in [0, 0.1) is 0 Å². The third-order valence-corrected chi connectivity index (χ3v) is 3.24. The average molecular weight is 279 g/mol. The monoisotopic (exact) mass is 279 g/mol. The van der Waals surface area contributed by atoms with Gasteiger partial charge in [-0.25, -0.2) is 4.98 Å². The van der Waals surface area contributed by atoms with Gasteiger partial charge in [0.2, 0.25) is 0 Å². The Labute approximate surface area is 113 Å². The number of carboxylic acid groups (broad SMARTS) is 1. The number of carbonyl (C=O) groups excluding carboxylic acids is 1. The average Bonchev–Trinajstić information content (AvgIpc) is 2.99. The molecule has 2 rings (SSSR count). The van der Waals surface area contributed by atoms with Crippen molar-refractivity contribution in [3.05, 3.63) is 35.1 Å². The molecule has 0 bridgehead atoms. The molecule has 6 nitrogen and oxygen atoms in total. The number of aromatic amines is 1. The summed E-state index contributed by atoms with van der Waals surface area (Å²) in [6, 6.07) is 3.42. The zero-order chi connectivity index (χ0) is 13.7. The van der Waals surface area contributed by atoms with Crippen molar-refractivity contribution in [2.45, 2.75) is 19.3 Å². The van der Waals surface area contributed by atoms with Crippen molar-refractivity contribution in [2.75, 3.05) is 5.32 Å². The molecule has 0 aliphatic rings. The molecule has 0 saturated carbocycles. The Morgan fingerprint density at radius 3 is 3.00 bits per heavy atom. The van der Waals surface area contributed by atoms with Crippen molar-refractivity contribution in [3.63, 3.8) is 0 Å². The van der Waals surface area contributed by atoms with Gasteiger partial charge in [0.15, 0.2) is 5.13 Å². The van der Waals surface area contributed by atoms with Crippen LogP contribution in [-0.4, -0.2) is 27.0 Å². The maximum atomic E-state index is 11.7. The molecule has 0 aliphatic carbocycles. The van der Waals surface area contributed by atoms with Crippen molar-refractivity contribution in [1.29, 1.82) is 0 Å². The van der Waals surface area contributed by atoms with Crippen molar-refractivity contribution >= 4 is 28.3 Å². The van der Waals surface area contributed by atoms with Crippen LogP contribution < -0.4 is 5.32 Å². The molecule has 1 amide bonds. The molecule has 0 unspecified atom stereocenters. The predicted octanol–water partition coefficient (Wildman–Crippen LogP) is 2.13. The first-order valence-corrected chi connectivity index (χ1v) is 6.64. The van der Waals surface area contributed by atoms with Crippen LogP contribution in [0.15, 0.2) is 23.7 Å². The number of aryl methyl sites for hydroxylation is 1. The Kier molecular flexibility index (Phi) is 4.30. The van der Waals surface area contributed by atoms with E-state index >= 15 is 0 Å². The van der Waals surface area contributed by atoms with Gasteiger partial charge >= 0.3 is 5.97 Å². The topological polar surface area (TPSA) is 95.1 Å². The number of nitrogens with zero attached hydrogens (tertiary/aromatic N) is 1. The lowest BCUT2D eigenvalue weighted by molar-refractivity contribution is -0.137. The first-order valence-electron chi connectivity index (χ1n) is 5.76.